The standard InChI is InChI=1S/C11H23N3/c1-4-6-11(12)14-8-5-7-10(14)9-13(2)3/h10,12H,4-9H2,1-3H3. The van der Waals surface area contributed by atoms with Crippen LogP contribution >= 0.6 is 0 Å². The maximum absolute atomic E-state index is 7.97. The summed E-state index contributed by atoms with van der Waals surface area (Å²) < 4.78 is 0. The van der Waals surface area contributed by atoms with Gasteiger partial charge in [0.25, 0.3) is 0 Å². The number of likely N-dealkylation sites (tertiary alicyclic amines) is 1. The second-order valence-corrected chi connectivity index (χ2v) is 4.45. The van der Waals surface area contributed by atoms with Gasteiger partial charge in [-0.25, -0.2) is 0 Å². The molecule has 3 nitrogen and oxygen atoms in total. The summed E-state index contributed by atoms with van der Waals surface area (Å²) in [5.74, 6) is 0.844. The summed E-state index contributed by atoms with van der Waals surface area (Å²) in [6.45, 7) is 4.33. The number of amidine groups is 1. The molecular formula is C11H23N3. The lowest BCUT2D eigenvalue weighted by atomic mass is 10.2. The molecule has 0 aromatic rings. The highest BCUT2D eigenvalue weighted by atomic mass is 15.2. The van der Waals surface area contributed by atoms with Gasteiger partial charge in [-0.15, -0.1) is 0 Å². The normalized spacial score (nSPS) is 22.0. The van der Waals surface area contributed by atoms with E-state index in [-0.39, 0.29) is 0 Å². The van der Waals surface area contributed by atoms with Crippen molar-refractivity contribution in [1.82, 2.24) is 9.80 Å². The van der Waals surface area contributed by atoms with E-state index in [0.29, 0.717) is 6.04 Å². The van der Waals surface area contributed by atoms with Crippen LogP contribution in [0.3, 0.4) is 0 Å². The molecule has 1 rings (SSSR count). The van der Waals surface area contributed by atoms with Crippen molar-refractivity contribution >= 4 is 5.84 Å². The van der Waals surface area contributed by atoms with Gasteiger partial charge in [-0.1, -0.05) is 6.92 Å². The first kappa shape index (κ1) is 11.5. The van der Waals surface area contributed by atoms with Gasteiger partial charge < -0.3 is 9.80 Å². The van der Waals surface area contributed by atoms with Gasteiger partial charge in [-0.05, 0) is 33.4 Å². The quantitative estimate of drug-likeness (QED) is 0.550. The van der Waals surface area contributed by atoms with E-state index in [1.807, 2.05) is 0 Å². The average Bonchev–Trinajstić information content (AvgIpc) is 2.51. The molecule has 0 radical (unpaired) electrons. The van der Waals surface area contributed by atoms with Gasteiger partial charge >= 0.3 is 0 Å². The molecule has 1 unspecified atom stereocenters. The summed E-state index contributed by atoms with van der Waals surface area (Å²) in [6, 6.07) is 0.587. The minimum absolute atomic E-state index is 0.587. The Bertz CT molecular complexity index is 189. The molecule has 0 saturated carbocycles. The van der Waals surface area contributed by atoms with Crippen molar-refractivity contribution in [2.75, 3.05) is 27.2 Å². The predicted molar refractivity (Wildman–Crippen MR) is 60.9 cm³/mol. The molecule has 1 aliphatic rings. The van der Waals surface area contributed by atoms with Gasteiger partial charge in [-0.3, -0.25) is 5.41 Å². The molecule has 0 aromatic heterocycles. The maximum atomic E-state index is 7.97. The summed E-state index contributed by atoms with van der Waals surface area (Å²) >= 11 is 0. The fourth-order valence-electron chi connectivity index (χ4n) is 2.18. The lowest BCUT2D eigenvalue weighted by Crippen LogP contribution is -2.40. The summed E-state index contributed by atoms with van der Waals surface area (Å²) in [5.41, 5.74) is 0. The topological polar surface area (TPSA) is 30.3 Å². The minimum atomic E-state index is 0.587. The lowest BCUT2D eigenvalue weighted by molar-refractivity contribution is 0.281. The Hall–Kier alpha value is -0.570. The number of hydrogen-bond donors (Lipinski definition) is 1. The molecule has 0 spiro atoms. The summed E-state index contributed by atoms with van der Waals surface area (Å²) in [7, 11) is 4.22. The molecule has 1 heterocycles. The van der Waals surface area contributed by atoms with Crippen LogP contribution in [0.4, 0.5) is 0 Å². The van der Waals surface area contributed by atoms with Gasteiger partial charge in [0.1, 0.15) is 0 Å². The first-order valence-corrected chi connectivity index (χ1v) is 5.64. The van der Waals surface area contributed by atoms with Gasteiger partial charge in [0.05, 0.1) is 5.84 Å². The highest BCUT2D eigenvalue weighted by Gasteiger charge is 2.26. The van der Waals surface area contributed by atoms with Crippen LogP contribution in [0.5, 0.6) is 0 Å². The van der Waals surface area contributed by atoms with Gasteiger partial charge in [-0.2, -0.15) is 0 Å². The highest BCUT2D eigenvalue weighted by Crippen LogP contribution is 2.19. The number of hydrogen-bond acceptors (Lipinski definition) is 2. The molecule has 0 bridgehead atoms. The Kier molecular flexibility index (Phi) is 4.39. The Morgan fingerprint density at radius 2 is 2.21 bits per heavy atom. The molecule has 1 atom stereocenters. The Morgan fingerprint density at radius 1 is 1.50 bits per heavy atom. The number of nitrogens with one attached hydrogen (secondary N) is 1. The largest absolute Gasteiger partial charge is 0.356 e. The summed E-state index contributed by atoms with van der Waals surface area (Å²) in [5, 5.41) is 7.97. The molecule has 1 N–H and O–H groups in total. The van der Waals surface area contributed by atoms with E-state index in [2.05, 4.69) is 30.8 Å². The van der Waals surface area contributed by atoms with Crippen LogP contribution in [0.1, 0.15) is 32.6 Å². The molecule has 0 aromatic carbocycles. The molecule has 1 aliphatic heterocycles. The van der Waals surface area contributed by atoms with E-state index in [0.717, 1.165) is 31.8 Å². The third-order valence-electron chi connectivity index (χ3n) is 2.79. The van der Waals surface area contributed by atoms with Gasteiger partial charge in [0, 0.05) is 25.6 Å². The van der Waals surface area contributed by atoms with Crippen molar-refractivity contribution in [2.45, 2.75) is 38.6 Å². The van der Waals surface area contributed by atoms with Crippen LogP contribution in [-0.2, 0) is 0 Å². The van der Waals surface area contributed by atoms with Gasteiger partial charge in [0.2, 0.25) is 0 Å². The molecule has 0 amide bonds. The van der Waals surface area contributed by atoms with E-state index >= 15 is 0 Å². The van der Waals surface area contributed by atoms with Crippen LogP contribution in [-0.4, -0.2) is 48.9 Å². The van der Waals surface area contributed by atoms with Crippen LogP contribution in [0.15, 0.2) is 0 Å². The summed E-state index contributed by atoms with van der Waals surface area (Å²) in [6.07, 6.45) is 4.53. The van der Waals surface area contributed by atoms with Crippen molar-refractivity contribution in [3.8, 4) is 0 Å². The first-order chi connectivity index (χ1) is 6.65. The van der Waals surface area contributed by atoms with Crippen molar-refractivity contribution in [3.63, 3.8) is 0 Å². The Morgan fingerprint density at radius 3 is 2.79 bits per heavy atom. The van der Waals surface area contributed by atoms with Crippen molar-refractivity contribution in [3.05, 3.63) is 0 Å². The molecule has 0 aliphatic carbocycles. The van der Waals surface area contributed by atoms with Gasteiger partial charge in [0.15, 0.2) is 0 Å². The van der Waals surface area contributed by atoms with E-state index < -0.39 is 0 Å². The summed E-state index contributed by atoms with van der Waals surface area (Å²) in [4.78, 5) is 4.52. The van der Waals surface area contributed by atoms with Crippen LogP contribution < -0.4 is 0 Å². The van der Waals surface area contributed by atoms with Crippen molar-refractivity contribution < 1.29 is 0 Å². The highest BCUT2D eigenvalue weighted by molar-refractivity contribution is 5.79. The van der Waals surface area contributed by atoms with E-state index in [9.17, 15) is 0 Å². The number of nitrogens with zero attached hydrogens (tertiary/aromatic N) is 2. The SMILES string of the molecule is CCCC(=N)N1CCCC1CN(C)C. The van der Waals surface area contributed by atoms with Crippen molar-refractivity contribution in [2.24, 2.45) is 0 Å². The monoisotopic (exact) mass is 197 g/mol. The predicted octanol–water partition coefficient (Wildman–Crippen LogP) is 1.79. The molecule has 1 saturated heterocycles. The van der Waals surface area contributed by atoms with Crippen LogP contribution in [0, 0.1) is 5.41 Å². The lowest BCUT2D eigenvalue weighted by Gasteiger charge is -2.29. The van der Waals surface area contributed by atoms with Crippen molar-refractivity contribution in [1.29, 1.82) is 5.41 Å². The zero-order valence-corrected chi connectivity index (χ0v) is 9.71. The average molecular weight is 197 g/mol. The zero-order valence-electron chi connectivity index (χ0n) is 9.71. The number of likely N-dealkylation sites (N-methyl/N-ethyl adjacent to an activating group) is 1. The maximum Gasteiger partial charge on any atom is 0.0960 e. The Labute approximate surface area is 87.6 Å². The van der Waals surface area contributed by atoms with E-state index in [1.54, 1.807) is 0 Å². The fourth-order valence-corrected chi connectivity index (χ4v) is 2.18. The molecule has 3 heteroatoms. The second kappa shape index (κ2) is 5.35. The van der Waals surface area contributed by atoms with E-state index in [4.69, 9.17) is 5.41 Å². The zero-order chi connectivity index (χ0) is 10.6. The molecule has 82 valence electrons. The fraction of sp³-hybridized carbons (Fsp3) is 0.909. The molecule has 1 fully saturated rings. The number of rotatable bonds is 4. The molecule has 14 heavy (non-hydrogen) atoms. The van der Waals surface area contributed by atoms with E-state index in [1.165, 1.54) is 12.8 Å². The Balaban J connectivity index is 2.46. The third kappa shape index (κ3) is 2.98. The smallest absolute Gasteiger partial charge is 0.0960 e. The molecular weight excluding hydrogens is 174 g/mol. The van der Waals surface area contributed by atoms with Crippen LogP contribution in [0.2, 0.25) is 0 Å². The van der Waals surface area contributed by atoms with Crippen LogP contribution in [0.25, 0.3) is 0 Å². The first-order valence-electron chi connectivity index (χ1n) is 5.64. The minimum Gasteiger partial charge on any atom is -0.356 e. The third-order valence-corrected chi connectivity index (χ3v) is 2.79. The second-order valence-electron chi connectivity index (χ2n) is 4.45.